The number of methoxy groups -OCH3 is 1. The predicted molar refractivity (Wildman–Crippen MR) is 87.6 cm³/mol. The van der Waals surface area contributed by atoms with Crippen LogP contribution in [0.1, 0.15) is 32.4 Å². The summed E-state index contributed by atoms with van der Waals surface area (Å²) in [6, 6.07) is 4.35. The summed E-state index contributed by atoms with van der Waals surface area (Å²) in [7, 11) is 1.80. The quantitative estimate of drug-likeness (QED) is 0.838. The SMILES string of the molecule is COCC1CCCN(c2ccnc(CNCC(C)C)c2)C1. The molecular formula is C17H29N3O. The van der Waals surface area contributed by atoms with Crippen molar-refractivity contribution in [1.29, 1.82) is 0 Å². The van der Waals surface area contributed by atoms with E-state index in [-0.39, 0.29) is 0 Å². The molecule has 2 rings (SSSR count). The number of hydrogen-bond acceptors (Lipinski definition) is 4. The van der Waals surface area contributed by atoms with Crippen molar-refractivity contribution in [3.05, 3.63) is 24.0 Å². The summed E-state index contributed by atoms with van der Waals surface area (Å²) in [5.74, 6) is 1.32. The van der Waals surface area contributed by atoms with Gasteiger partial charge < -0.3 is 15.0 Å². The minimum atomic E-state index is 0.652. The molecule has 0 spiro atoms. The van der Waals surface area contributed by atoms with Crippen LogP contribution in [0.5, 0.6) is 0 Å². The average Bonchev–Trinajstić information content (AvgIpc) is 2.48. The molecule has 0 aliphatic carbocycles. The van der Waals surface area contributed by atoms with Gasteiger partial charge in [0, 0.05) is 38.6 Å². The number of rotatable bonds is 7. The van der Waals surface area contributed by atoms with Gasteiger partial charge in [-0.2, -0.15) is 0 Å². The largest absolute Gasteiger partial charge is 0.384 e. The maximum absolute atomic E-state index is 5.32. The van der Waals surface area contributed by atoms with E-state index in [1.165, 1.54) is 18.5 Å². The first-order chi connectivity index (χ1) is 10.2. The molecule has 1 atom stereocenters. The Morgan fingerprint density at radius 1 is 1.48 bits per heavy atom. The zero-order valence-corrected chi connectivity index (χ0v) is 13.6. The highest BCUT2D eigenvalue weighted by atomic mass is 16.5. The molecule has 1 aromatic rings. The van der Waals surface area contributed by atoms with Gasteiger partial charge in [0.15, 0.2) is 0 Å². The van der Waals surface area contributed by atoms with Crippen LogP contribution in [0, 0.1) is 11.8 Å². The van der Waals surface area contributed by atoms with Crippen molar-refractivity contribution in [2.75, 3.05) is 38.3 Å². The van der Waals surface area contributed by atoms with Gasteiger partial charge in [-0.3, -0.25) is 4.98 Å². The Kier molecular flexibility index (Phi) is 6.46. The summed E-state index contributed by atoms with van der Waals surface area (Å²) in [6.07, 6.45) is 4.46. The fourth-order valence-electron chi connectivity index (χ4n) is 2.92. The van der Waals surface area contributed by atoms with Crippen molar-refractivity contribution in [3.63, 3.8) is 0 Å². The van der Waals surface area contributed by atoms with E-state index in [0.29, 0.717) is 11.8 Å². The second-order valence-corrected chi connectivity index (χ2v) is 6.44. The normalized spacial score (nSPS) is 19.2. The number of hydrogen-bond donors (Lipinski definition) is 1. The van der Waals surface area contributed by atoms with Crippen LogP contribution in [-0.4, -0.2) is 38.3 Å². The predicted octanol–water partition coefficient (Wildman–Crippen LogP) is 2.69. The molecule has 1 fully saturated rings. The Morgan fingerprint density at radius 3 is 3.10 bits per heavy atom. The molecule has 1 aliphatic rings. The molecule has 4 nitrogen and oxygen atoms in total. The summed E-state index contributed by atoms with van der Waals surface area (Å²) in [6.45, 7) is 9.43. The fourth-order valence-corrected chi connectivity index (χ4v) is 2.92. The van der Waals surface area contributed by atoms with Gasteiger partial charge in [0.05, 0.1) is 12.3 Å². The van der Waals surface area contributed by atoms with Crippen molar-refractivity contribution >= 4 is 5.69 Å². The number of aromatic nitrogens is 1. The maximum atomic E-state index is 5.32. The van der Waals surface area contributed by atoms with Crippen LogP contribution in [0.25, 0.3) is 0 Å². The average molecular weight is 291 g/mol. The number of piperidine rings is 1. The highest BCUT2D eigenvalue weighted by Gasteiger charge is 2.20. The Morgan fingerprint density at radius 2 is 2.33 bits per heavy atom. The molecule has 1 aromatic heterocycles. The molecule has 0 aromatic carbocycles. The van der Waals surface area contributed by atoms with Gasteiger partial charge >= 0.3 is 0 Å². The summed E-state index contributed by atoms with van der Waals surface area (Å²) in [5, 5.41) is 3.46. The summed E-state index contributed by atoms with van der Waals surface area (Å²) in [4.78, 5) is 6.95. The van der Waals surface area contributed by atoms with Crippen LogP contribution in [0.15, 0.2) is 18.3 Å². The second-order valence-electron chi connectivity index (χ2n) is 6.44. The van der Waals surface area contributed by atoms with Gasteiger partial charge in [0.25, 0.3) is 0 Å². The minimum absolute atomic E-state index is 0.652. The highest BCUT2D eigenvalue weighted by molar-refractivity contribution is 5.47. The molecule has 1 N–H and O–H groups in total. The fraction of sp³-hybridized carbons (Fsp3) is 0.706. The van der Waals surface area contributed by atoms with Crippen LogP contribution < -0.4 is 10.2 Å². The minimum Gasteiger partial charge on any atom is -0.384 e. The Balaban J connectivity index is 1.93. The van der Waals surface area contributed by atoms with E-state index < -0.39 is 0 Å². The van der Waals surface area contributed by atoms with Gasteiger partial charge in [0.2, 0.25) is 0 Å². The molecule has 1 saturated heterocycles. The van der Waals surface area contributed by atoms with Crippen LogP contribution >= 0.6 is 0 Å². The van der Waals surface area contributed by atoms with E-state index in [9.17, 15) is 0 Å². The van der Waals surface area contributed by atoms with Crippen molar-refractivity contribution in [1.82, 2.24) is 10.3 Å². The van der Waals surface area contributed by atoms with Crippen molar-refractivity contribution in [2.24, 2.45) is 11.8 Å². The first-order valence-electron chi connectivity index (χ1n) is 8.08. The molecule has 0 radical (unpaired) electrons. The Hall–Kier alpha value is -1.13. The monoisotopic (exact) mass is 291 g/mol. The lowest BCUT2D eigenvalue weighted by Gasteiger charge is -2.34. The van der Waals surface area contributed by atoms with E-state index in [2.05, 4.69) is 41.2 Å². The van der Waals surface area contributed by atoms with Crippen LogP contribution in [0.2, 0.25) is 0 Å². The first kappa shape index (κ1) is 16.2. The lowest BCUT2D eigenvalue weighted by Crippen LogP contribution is -2.37. The third-order valence-electron chi connectivity index (χ3n) is 3.95. The first-order valence-corrected chi connectivity index (χ1v) is 8.08. The molecule has 21 heavy (non-hydrogen) atoms. The van der Waals surface area contributed by atoms with Crippen molar-refractivity contribution in [2.45, 2.75) is 33.2 Å². The second kappa shape index (κ2) is 8.35. The molecule has 0 amide bonds. The Labute approximate surface area is 128 Å². The summed E-state index contributed by atoms with van der Waals surface area (Å²) in [5.41, 5.74) is 2.43. The number of nitrogens with one attached hydrogen (secondary N) is 1. The molecule has 1 aliphatic heterocycles. The third-order valence-corrected chi connectivity index (χ3v) is 3.95. The van der Waals surface area contributed by atoms with E-state index >= 15 is 0 Å². The van der Waals surface area contributed by atoms with Crippen molar-refractivity contribution < 1.29 is 4.74 Å². The Bertz CT molecular complexity index is 420. The zero-order valence-electron chi connectivity index (χ0n) is 13.6. The molecular weight excluding hydrogens is 262 g/mol. The highest BCUT2D eigenvalue weighted by Crippen LogP contribution is 2.23. The number of ether oxygens (including phenoxy) is 1. The van der Waals surface area contributed by atoms with Crippen LogP contribution in [-0.2, 0) is 11.3 Å². The van der Waals surface area contributed by atoms with E-state index in [1.807, 2.05) is 6.20 Å². The smallest absolute Gasteiger partial charge is 0.0562 e. The van der Waals surface area contributed by atoms with Gasteiger partial charge in [-0.15, -0.1) is 0 Å². The molecule has 118 valence electrons. The summed E-state index contributed by atoms with van der Waals surface area (Å²) < 4.78 is 5.32. The van der Waals surface area contributed by atoms with Gasteiger partial charge in [-0.1, -0.05) is 13.8 Å². The number of nitrogens with zero attached hydrogens (tertiary/aromatic N) is 2. The zero-order chi connectivity index (χ0) is 15.1. The maximum Gasteiger partial charge on any atom is 0.0562 e. The molecule has 0 saturated carbocycles. The molecule has 4 heteroatoms. The van der Waals surface area contributed by atoms with E-state index in [0.717, 1.165) is 38.5 Å². The molecule has 1 unspecified atom stereocenters. The number of anilines is 1. The lowest BCUT2D eigenvalue weighted by molar-refractivity contribution is 0.143. The standard InChI is InChI=1S/C17H29N3O/c1-14(2)10-18-11-16-9-17(6-7-19-16)20-8-4-5-15(12-20)13-21-3/h6-7,9,14-15,18H,4-5,8,10-13H2,1-3H3. The van der Waals surface area contributed by atoms with Gasteiger partial charge in [-0.05, 0) is 43.4 Å². The van der Waals surface area contributed by atoms with E-state index in [4.69, 9.17) is 4.74 Å². The van der Waals surface area contributed by atoms with Crippen LogP contribution in [0.3, 0.4) is 0 Å². The summed E-state index contributed by atoms with van der Waals surface area (Å²) >= 11 is 0. The number of pyridine rings is 1. The molecule has 0 bridgehead atoms. The third kappa shape index (κ3) is 5.29. The van der Waals surface area contributed by atoms with Crippen molar-refractivity contribution in [3.8, 4) is 0 Å². The topological polar surface area (TPSA) is 37.4 Å². The van der Waals surface area contributed by atoms with E-state index in [1.54, 1.807) is 7.11 Å². The van der Waals surface area contributed by atoms with Gasteiger partial charge in [-0.25, -0.2) is 0 Å². The van der Waals surface area contributed by atoms with Gasteiger partial charge in [0.1, 0.15) is 0 Å². The lowest BCUT2D eigenvalue weighted by atomic mass is 9.98. The van der Waals surface area contributed by atoms with Crippen LogP contribution in [0.4, 0.5) is 5.69 Å². The molecule has 2 heterocycles.